The number of alkyl halides is 1. The van der Waals surface area contributed by atoms with Crippen LogP contribution in [0, 0.1) is 0 Å². The van der Waals surface area contributed by atoms with Crippen LogP contribution >= 0.6 is 15.9 Å². The maximum absolute atomic E-state index is 11.7. The highest BCUT2D eigenvalue weighted by Gasteiger charge is 2.32. The van der Waals surface area contributed by atoms with Crippen LogP contribution in [0.25, 0.3) is 11.5 Å². The fourth-order valence-corrected chi connectivity index (χ4v) is 2.46. The SMILES string of the molecule is O=C1CC(Br)CN1c1nnc(-c2ccc(O)cc2)o1. The molecule has 1 aromatic heterocycles. The molecule has 7 heteroatoms. The fourth-order valence-electron chi connectivity index (χ4n) is 1.89. The zero-order valence-corrected chi connectivity index (χ0v) is 11.4. The molecule has 1 aliphatic heterocycles. The lowest BCUT2D eigenvalue weighted by Crippen LogP contribution is -2.24. The maximum atomic E-state index is 11.7. The largest absolute Gasteiger partial charge is 0.508 e. The van der Waals surface area contributed by atoms with Crippen LogP contribution in [0.5, 0.6) is 5.75 Å². The van der Waals surface area contributed by atoms with Crippen molar-refractivity contribution in [3.63, 3.8) is 0 Å². The highest BCUT2D eigenvalue weighted by Crippen LogP contribution is 2.27. The average molecular weight is 324 g/mol. The quantitative estimate of drug-likeness (QED) is 0.854. The van der Waals surface area contributed by atoms with E-state index in [1.54, 1.807) is 12.1 Å². The first-order valence-electron chi connectivity index (χ1n) is 5.71. The second kappa shape index (κ2) is 4.65. The normalized spacial score (nSPS) is 19.1. The predicted molar refractivity (Wildman–Crippen MR) is 71.1 cm³/mol. The summed E-state index contributed by atoms with van der Waals surface area (Å²) in [6, 6.07) is 6.62. The molecule has 3 rings (SSSR count). The van der Waals surface area contributed by atoms with Crippen molar-refractivity contribution in [1.82, 2.24) is 10.2 Å². The van der Waals surface area contributed by atoms with E-state index in [1.165, 1.54) is 17.0 Å². The molecule has 19 heavy (non-hydrogen) atoms. The van der Waals surface area contributed by atoms with Gasteiger partial charge in [0.1, 0.15) is 5.75 Å². The van der Waals surface area contributed by atoms with Gasteiger partial charge in [-0.1, -0.05) is 21.0 Å². The molecule has 2 heterocycles. The summed E-state index contributed by atoms with van der Waals surface area (Å²) in [5.74, 6) is 0.448. The Hall–Kier alpha value is -1.89. The number of phenols is 1. The highest BCUT2D eigenvalue weighted by molar-refractivity contribution is 9.09. The summed E-state index contributed by atoms with van der Waals surface area (Å²) in [4.78, 5) is 13.3. The van der Waals surface area contributed by atoms with Gasteiger partial charge in [0, 0.05) is 23.4 Å². The number of benzene rings is 1. The molecule has 1 atom stereocenters. The lowest BCUT2D eigenvalue weighted by atomic mass is 10.2. The second-order valence-corrected chi connectivity index (χ2v) is 5.54. The number of phenolic OH excluding ortho intramolecular Hbond substituents is 1. The van der Waals surface area contributed by atoms with Gasteiger partial charge in [-0.15, -0.1) is 5.10 Å². The minimum atomic E-state index is -0.0391. The lowest BCUT2D eigenvalue weighted by Gasteiger charge is -2.08. The molecule has 6 nitrogen and oxygen atoms in total. The molecule has 0 radical (unpaired) electrons. The first kappa shape index (κ1) is 12.2. The number of hydrogen-bond acceptors (Lipinski definition) is 5. The van der Waals surface area contributed by atoms with Gasteiger partial charge in [0.2, 0.25) is 11.8 Å². The molecule has 1 unspecified atom stereocenters. The number of halogens is 1. The molecule has 1 aromatic carbocycles. The van der Waals surface area contributed by atoms with E-state index in [9.17, 15) is 9.90 Å². The summed E-state index contributed by atoms with van der Waals surface area (Å²) in [5, 5.41) is 17.0. The van der Waals surface area contributed by atoms with E-state index in [1.807, 2.05) is 0 Å². The van der Waals surface area contributed by atoms with Crippen LogP contribution in [0.4, 0.5) is 6.01 Å². The van der Waals surface area contributed by atoms with Crippen LogP contribution in [-0.4, -0.2) is 32.6 Å². The Morgan fingerprint density at radius 3 is 2.68 bits per heavy atom. The van der Waals surface area contributed by atoms with Crippen molar-refractivity contribution in [2.45, 2.75) is 11.2 Å². The standard InChI is InChI=1S/C12H10BrN3O3/c13-8-5-10(18)16(6-8)12-15-14-11(19-12)7-1-3-9(17)4-2-7/h1-4,8,17H,5-6H2. The molecule has 0 aliphatic carbocycles. The third-order valence-electron chi connectivity index (χ3n) is 2.84. The Morgan fingerprint density at radius 2 is 2.05 bits per heavy atom. The fraction of sp³-hybridized carbons (Fsp3) is 0.250. The van der Waals surface area contributed by atoms with Gasteiger partial charge in [0.15, 0.2) is 0 Å². The van der Waals surface area contributed by atoms with Crippen LogP contribution in [0.1, 0.15) is 6.42 Å². The Bertz CT molecular complexity index is 611. The summed E-state index contributed by atoms with van der Waals surface area (Å²) in [5.41, 5.74) is 0.693. The van der Waals surface area contributed by atoms with E-state index in [4.69, 9.17) is 4.42 Å². The van der Waals surface area contributed by atoms with E-state index in [0.29, 0.717) is 24.4 Å². The van der Waals surface area contributed by atoms with E-state index >= 15 is 0 Å². The monoisotopic (exact) mass is 323 g/mol. The summed E-state index contributed by atoms with van der Waals surface area (Å²) in [7, 11) is 0. The molecular formula is C12H10BrN3O3. The number of anilines is 1. The van der Waals surface area contributed by atoms with Gasteiger partial charge in [-0.05, 0) is 24.3 Å². The zero-order valence-electron chi connectivity index (χ0n) is 9.78. The number of aromatic nitrogens is 2. The van der Waals surface area contributed by atoms with Gasteiger partial charge >= 0.3 is 6.01 Å². The Labute approximate surface area is 117 Å². The van der Waals surface area contributed by atoms with Crippen LogP contribution in [0.15, 0.2) is 28.7 Å². The first-order valence-corrected chi connectivity index (χ1v) is 6.62. The van der Waals surface area contributed by atoms with Crippen molar-refractivity contribution in [1.29, 1.82) is 0 Å². The number of nitrogens with zero attached hydrogens (tertiary/aromatic N) is 3. The number of rotatable bonds is 2. The van der Waals surface area contributed by atoms with Gasteiger partial charge in [0.25, 0.3) is 0 Å². The number of carbonyl (C=O) groups excluding carboxylic acids is 1. The summed E-state index contributed by atoms with van der Waals surface area (Å²) < 4.78 is 5.49. The predicted octanol–water partition coefficient (Wildman–Crippen LogP) is 1.94. The van der Waals surface area contributed by atoms with Gasteiger partial charge in [-0.25, -0.2) is 0 Å². The topological polar surface area (TPSA) is 79.5 Å². The number of hydrogen-bond donors (Lipinski definition) is 1. The third-order valence-corrected chi connectivity index (χ3v) is 3.45. The van der Waals surface area contributed by atoms with Gasteiger partial charge < -0.3 is 9.52 Å². The number of carbonyl (C=O) groups is 1. The molecule has 1 N–H and O–H groups in total. The van der Waals surface area contributed by atoms with Gasteiger partial charge in [-0.3, -0.25) is 9.69 Å². The Kier molecular flexibility index (Phi) is 2.98. The molecule has 1 aliphatic rings. The van der Waals surface area contributed by atoms with Crippen LogP contribution in [0.2, 0.25) is 0 Å². The first-order chi connectivity index (χ1) is 9.13. The Morgan fingerprint density at radius 1 is 1.32 bits per heavy atom. The maximum Gasteiger partial charge on any atom is 0.325 e. The van der Waals surface area contributed by atoms with E-state index in [0.717, 1.165) is 0 Å². The molecule has 98 valence electrons. The van der Waals surface area contributed by atoms with Crippen molar-refractivity contribution in [2.24, 2.45) is 0 Å². The smallest absolute Gasteiger partial charge is 0.325 e. The zero-order chi connectivity index (χ0) is 13.4. The Balaban J connectivity index is 1.87. The minimum Gasteiger partial charge on any atom is -0.508 e. The molecule has 1 saturated heterocycles. The summed E-state index contributed by atoms with van der Waals surface area (Å²) in [6.45, 7) is 0.524. The van der Waals surface area contributed by atoms with Crippen molar-refractivity contribution in [2.75, 3.05) is 11.4 Å². The molecule has 1 fully saturated rings. The molecule has 0 spiro atoms. The van der Waals surface area contributed by atoms with E-state index in [-0.39, 0.29) is 22.5 Å². The third kappa shape index (κ3) is 2.33. The summed E-state index contributed by atoms with van der Waals surface area (Å²) in [6.07, 6.45) is 0.428. The molecule has 0 saturated carbocycles. The van der Waals surface area contributed by atoms with Crippen molar-refractivity contribution >= 4 is 27.9 Å². The van der Waals surface area contributed by atoms with Gasteiger partial charge in [0.05, 0.1) is 0 Å². The van der Waals surface area contributed by atoms with Crippen LogP contribution in [-0.2, 0) is 4.79 Å². The van der Waals surface area contributed by atoms with Crippen molar-refractivity contribution < 1.29 is 14.3 Å². The highest BCUT2D eigenvalue weighted by atomic mass is 79.9. The minimum absolute atomic E-state index is 0.0391. The van der Waals surface area contributed by atoms with E-state index < -0.39 is 0 Å². The number of aromatic hydroxyl groups is 1. The molecule has 2 aromatic rings. The van der Waals surface area contributed by atoms with E-state index in [2.05, 4.69) is 26.1 Å². The molecule has 0 bridgehead atoms. The molecule has 1 amide bonds. The van der Waals surface area contributed by atoms with Crippen molar-refractivity contribution in [3.05, 3.63) is 24.3 Å². The average Bonchev–Trinajstić information content (AvgIpc) is 2.97. The van der Waals surface area contributed by atoms with Crippen LogP contribution in [0.3, 0.4) is 0 Å². The lowest BCUT2D eigenvalue weighted by molar-refractivity contribution is -0.117. The number of amides is 1. The van der Waals surface area contributed by atoms with Crippen molar-refractivity contribution in [3.8, 4) is 17.2 Å². The summed E-state index contributed by atoms with van der Waals surface area (Å²) >= 11 is 3.40. The van der Waals surface area contributed by atoms with Gasteiger partial charge in [-0.2, -0.15) is 0 Å². The second-order valence-electron chi connectivity index (χ2n) is 4.24. The molecular weight excluding hydrogens is 314 g/mol. The van der Waals surface area contributed by atoms with Crippen LogP contribution < -0.4 is 4.90 Å².